The number of amides is 1. The Morgan fingerprint density at radius 1 is 0.865 bits per heavy atom. The number of aliphatic hydroxyl groups is 1. The maximum Gasteiger partial charge on any atom is 1.00 e. The van der Waals surface area contributed by atoms with E-state index in [-0.39, 0.29) is 35.5 Å². The van der Waals surface area contributed by atoms with Crippen molar-refractivity contribution >= 4 is 28.2 Å². The number of hydrogen-bond donors (Lipinski definition) is 3. The van der Waals surface area contributed by atoms with Crippen LogP contribution in [0.2, 0.25) is 0 Å². The van der Waals surface area contributed by atoms with Crippen molar-refractivity contribution in [1.82, 2.24) is 5.32 Å². The molecular weight excluding hydrogens is 513 g/mol. The average molecular weight is 560 g/mol. The Morgan fingerprint density at radius 3 is 1.81 bits per heavy atom. The molecule has 0 aliphatic heterocycles. The Kier molecular flexibility index (Phi) is 30.7. The van der Waals surface area contributed by atoms with Gasteiger partial charge in [-0.25, -0.2) is 0 Å². The van der Waals surface area contributed by atoms with Crippen LogP contribution < -0.4 is 40.0 Å². The van der Waals surface area contributed by atoms with E-state index in [2.05, 4.69) is 28.6 Å². The first-order valence-corrected chi connectivity index (χ1v) is 14.3. The van der Waals surface area contributed by atoms with Crippen LogP contribution in [0.15, 0.2) is 12.2 Å². The van der Waals surface area contributed by atoms with Crippen LogP contribution >= 0.6 is 0 Å². The second-order valence-corrected chi connectivity index (χ2v) is 9.76. The second kappa shape index (κ2) is 28.0. The van der Waals surface area contributed by atoms with E-state index in [1.165, 1.54) is 70.6 Å². The number of rotatable bonds is 21. The molecule has 12 heteroatoms. The number of carbonyl (C=O) groups excluding carboxylic acids is 3. The van der Waals surface area contributed by atoms with Gasteiger partial charge in [0.05, 0.1) is 12.5 Å². The van der Waals surface area contributed by atoms with Crippen molar-refractivity contribution in [2.75, 3.05) is 6.54 Å². The van der Waals surface area contributed by atoms with Crippen molar-refractivity contribution in [1.29, 1.82) is 0 Å². The van der Waals surface area contributed by atoms with Crippen molar-refractivity contribution in [3.8, 4) is 0 Å². The van der Waals surface area contributed by atoms with Crippen molar-refractivity contribution < 1.29 is 71.3 Å². The van der Waals surface area contributed by atoms with Gasteiger partial charge >= 0.3 is 45.9 Å². The zero-order valence-electron chi connectivity index (χ0n) is 22.9. The van der Waals surface area contributed by atoms with E-state index in [9.17, 15) is 27.9 Å². The fraction of sp³-hybridized carbons (Fsp3) is 0.800. The van der Waals surface area contributed by atoms with Gasteiger partial charge in [0.25, 0.3) is 0 Å². The first-order chi connectivity index (χ1) is 17.0. The molecule has 1 amide bonds. The second-order valence-electron chi connectivity index (χ2n) is 8.74. The van der Waals surface area contributed by atoms with Gasteiger partial charge in [-0.1, -0.05) is 70.4 Å². The molecule has 37 heavy (non-hydrogen) atoms. The van der Waals surface area contributed by atoms with Crippen LogP contribution in [0.5, 0.6) is 0 Å². The molecule has 0 saturated carbocycles. The maximum absolute atomic E-state index is 11.5. The van der Waals surface area contributed by atoms with Gasteiger partial charge < -0.3 is 24.5 Å². The van der Waals surface area contributed by atoms with Gasteiger partial charge in [0.15, 0.2) is 0 Å². The number of nitrogens with one attached hydrogen (secondary N) is 1. The van der Waals surface area contributed by atoms with Gasteiger partial charge in [0, 0.05) is 18.9 Å². The van der Waals surface area contributed by atoms with E-state index in [0.29, 0.717) is 13.0 Å². The van der Waals surface area contributed by atoms with Crippen LogP contribution in [-0.2, 0) is 29.0 Å². The van der Waals surface area contributed by atoms with Crippen LogP contribution in [0.4, 0.5) is 0 Å². The number of aliphatic hydroxyl groups excluding tert-OH is 1. The van der Waals surface area contributed by atoms with E-state index in [1.807, 2.05) is 0 Å². The van der Waals surface area contributed by atoms with Gasteiger partial charge in [-0.2, -0.15) is 8.42 Å². The Balaban J connectivity index is -0.000000751. The quantitative estimate of drug-likeness (QED) is 0.0779. The summed E-state index contributed by atoms with van der Waals surface area (Å²) in [5, 5.41) is 21.6. The molecule has 3 N–H and O–H groups in total. The maximum atomic E-state index is 11.5. The molecule has 0 aliphatic rings. The van der Waals surface area contributed by atoms with E-state index in [1.54, 1.807) is 6.92 Å². The van der Waals surface area contributed by atoms with Crippen molar-refractivity contribution in [3.63, 3.8) is 0 Å². The molecule has 0 aromatic carbocycles. The Labute approximate surface area is 245 Å². The first kappa shape index (κ1) is 40.5. The van der Waals surface area contributed by atoms with Gasteiger partial charge in [0.1, 0.15) is 0 Å². The van der Waals surface area contributed by atoms with Crippen LogP contribution in [0.25, 0.3) is 0 Å². The fourth-order valence-corrected chi connectivity index (χ4v) is 3.39. The van der Waals surface area contributed by atoms with Crippen molar-refractivity contribution in [2.45, 2.75) is 123 Å². The molecule has 0 aromatic heterocycles. The molecule has 0 rings (SSSR count). The molecule has 0 heterocycles. The van der Waals surface area contributed by atoms with Crippen LogP contribution in [-0.4, -0.2) is 48.6 Å². The monoisotopic (exact) mass is 559 g/mol. The van der Waals surface area contributed by atoms with Crippen molar-refractivity contribution in [3.05, 3.63) is 12.2 Å². The van der Waals surface area contributed by atoms with Crippen LogP contribution in [0.3, 0.4) is 0 Å². The summed E-state index contributed by atoms with van der Waals surface area (Å²) in [6, 6.07) is 0. The average Bonchev–Trinajstić information content (AvgIpc) is 2.78. The Bertz CT molecular complexity index is 713. The third kappa shape index (κ3) is 39.7. The van der Waals surface area contributed by atoms with Crippen LogP contribution in [0.1, 0.15) is 117 Å². The number of allylic oxidation sites excluding steroid dienone is 2. The summed E-state index contributed by atoms with van der Waals surface area (Å²) in [6.45, 7) is 4.31. The summed E-state index contributed by atoms with van der Waals surface area (Å²) in [7, 11) is -4.83. The predicted molar refractivity (Wildman–Crippen MR) is 136 cm³/mol. The summed E-state index contributed by atoms with van der Waals surface area (Å²) in [5.74, 6) is -2.79. The van der Waals surface area contributed by atoms with Gasteiger partial charge in [-0.3, -0.25) is 14.1 Å². The summed E-state index contributed by atoms with van der Waals surface area (Å²) in [6.07, 6.45) is 20.0. The SMILES string of the molecule is CCCCCCCC/C=C\CCCCCCCC(=O)NCC(C)O.O=C([O-])CCC(=O)OS(=O)(=O)O.[Na+]. The zero-order chi connectivity index (χ0) is 27.7. The number of hydrogen-bond acceptors (Lipinski definition) is 8. The molecule has 10 nitrogen and oxygen atoms in total. The van der Waals surface area contributed by atoms with Gasteiger partial charge in [-0.15, -0.1) is 0 Å². The smallest absolute Gasteiger partial charge is 0.550 e. The molecule has 0 bridgehead atoms. The third-order valence-electron chi connectivity index (χ3n) is 4.99. The normalized spacial score (nSPS) is 11.7. The molecule has 1 atom stereocenters. The summed E-state index contributed by atoms with van der Waals surface area (Å²) >= 11 is 0. The number of carboxylic acid groups (broad SMARTS) is 1. The van der Waals surface area contributed by atoms with E-state index in [0.717, 1.165) is 12.8 Å². The molecule has 0 aromatic rings. The minimum absolute atomic E-state index is 0. The van der Waals surface area contributed by atoms with Crippen LogP contribution in [0, 0.1) is 0 Å². The minimum Gasteiger partial charge on any atom is -0.550 e. The predicted octanol–water partition coefficient (Wildman–Crippen LogP) is 0.387. The molecule has 0 fully saturated rings. The van der Waals surface area contributed by atoms with Crippen molar-refractivity contribution in [2.24, 2.45) is 0 Å². The first-order valence-electron chi connectivity index (χ1n) is 13.0. The molecule has 0 radical (unpaired) electrons. The Morgan fingerprint density at radius 2 is 1.35 bits per heavy atom. The number of aliphatic carboxylic acids is 1. The Hall–Kier alpha value is -0.980. The fourth-order valence-electron chi connectivity index (χ4n) is 3.07. The summed E-state index contributed by atoms with van der Waals surface area (Å²) < 4.78 is 31.0. The van der Waals surface area contributed by atoms with Gasteiger partial charge in [0.2, 0.25) is 5.91 Å². The molecule has 0 aliphatic carbocycles. The number of carboxylic acids is 1. The third-order valence-corrected chi connectivity index (χ3v) is 5.39. The van der Waals surface area contributed by atoms with E-state index < -0.39 is 41.3 Å². The van der Waals surface area contributed by atoms with Gasteiger partial charge in [-0.05, 0) is 45.4 Å². The zero-order valence-corrected chi connectivity index (χ0v) is 25.7. The van der Waals surface area contributed by atoms with E-state index in [4.69, 9.17) is 9.66 Å². The van der Waals surface area contributed by atoms with E-state index >= 15 is 0 Å². The standard InChI is InChI=1S/C21H41NO2.C4H6O7S.Na/c1-3-4-5-6-7-8-9-10-11-12-13-14-15-16-17-18-21(24)22-19-20(2)23;5-3(6)1-2-4(7)11-12(8,9)10;/h10-11,20,23H,3-9,12-19H2,1-2H3,(H,22,24);1-2H2,(H,5,6)(H,8,9,10);/q;;+1/p-1/b11-10-;;. The molecule has 1 unspecified atom stereocenters. The topological polar surface area (TPSA) is 170 Å². The minimum atomic E-state index is -4.83. The number of unbranched alkanes of at least 4 members (excludes halogenated alkanes) is 11. The largest absolute Gasteiger partial charge is 1.00 e. The molecule has 0 spiro atoms. The molecular formula is C25H46NNaO9S. The number of carbonyl (C=O) groups is 3. The molecule has 0 saturated heterocycles. The molecule has 212 valence electrons. The summed E-state index contributed by atoms with van der Waals surface area (Å²) in [5.41, 5.74) is 0. The summed E-state index contributed by atoms with van der Waals surface area (Å²) in [4.78, 5) is 31.5.